The fourth-order valence-corrected chi connectivity index (χ4v) is 2.81. The predicted octanol–water partition coefficient (Wildman–Crippen LogP) is 4.71. The van der Waals surface area contributed by atoms with Crippen LogP contribution in [0.3, 0.4) is 0 Å². The lowest BCUT2D eigenvalue weighted by Crippen LogP contribution is -2.20. The van der Waals surface area contributed by atoms with Crippen molar-refractivity contribution in [1.82, 2.24) is 0 Å². The number of halogens is 2. The lowest BCUT2D eigenvalue weighted by atomic mass is 9.99. The van der Waals surface area contributed by atoms with Gasteiger partial charge < -0.3 is 4.74 Å². The Kier molecular flexibility index (Phi) is 7.31. The highest BCUT2D eigenvalue weighted by Gasteiger charge is 2.18. The molecule has 0 amide bonds. The molecule has 1 unspecified atom stereocenters. The van der Waals surface area contributed by atoms with E-state index in [2.05, 4.69) is 15.9 Å². The highest BCUT2D eigenvalue weighted by atomic mass is 79.9. The van der Waals surface area contributed by atoms with Crippen LogP contribution in [-0.4, -0.2) is 23.2 Å². The number of ketones is 1. The van der Waals surface area contributed by atoms with Crippen LogP contribution in [0.25, 0.3) is 0 Å². The first-order valence-electron chi connectivity index (χ1n) is 8.21. The summed E-state index contributed by atoms with van der Waals surface area (Å²) < 4.78 is 18.2. The first-order valence-corrected chi connectivity index (χ1v) is 9.12. The lowest BCUT2D eigenvalue weighted by molar-refractivity contribution is -0.142. The average molecular weight is 407 g/mol. The Morgan fingerprint density at radius 2 is 1.84 bits per heavy atom. The van der Waals surface area contributed by atoms with Crippen LogP contribution >= 0.6 is 15.9 Å². The Balaban J connectivity index is 2.04. The van der Waals surface area contributed by atoms with Gasteiger partial charge in [-0.05, 0) is 48.7 Å². The van der Waals surface area contributed by atoms with Crippen molar-refractivity contribution in [3.8, 4) is 0 Å². The van der Waals surface area contributed by atoms with Gasteiger partial charge in [-0.15, -0.1) is 0 Å². The van der Waals surface area contributed by atoms with Crippen molar-refractivity contribution in [3.05, 3.63) is 71.0 Å². The zero-order valence-electron chi connectivity index (χ0n) is 14.0. The molecule has 25 heavy (non-hydrogen) atoms. The average Bonchev–Trinajstić information content (AvgIpc) is 2.62. The summed E-state index contributed by atoms with van der Waals surface area (Å²) in [5, 5.41) is 0. The maximum atomic E-state index is 13.0. The van der Waals surface area contributed by atoms with Crippen LogP contribution in [0, 0.1) is 5.82 Å². The number of esters is 1. The molecule has 0 bridgehead atoms. The van der Waals surface area contributed by atoms with Gasteiger partial charge in [-0.2, -0.15) is 0 Å². The maximum absolute atomic E-state index is 13.0. The number of alkyl halides is 1. The zero-order valence-corrected chi connectivity index (χ0v) is 15.6. The molecule has 0 saturated heterocycles. The van der Waals surface area contributed by atoms with Gasteiger partial charge in [0.15, 0.2) is 5.78 Å². The van der Waals surface area contributed by atoms with Crippen molar-refractivity contribution in [2.45, 2.75) is 31.0 Å². The van der Waals surface area contributed by atoms with Crippen molar-refractivity contribution >= 4 is 27.7 Å². The molecule has 2 rings (SSSR count). The predicted molar refractivity (Wildman–Crippen MR) is 98.6 cm³/mol. The van der Waals surface area contributed by atoms with E-state index in [9.17, 15) is 14.0 Å². The fraction of sp³-hybridized carbons (Fsp3) is 0.300. The van der Waals surface area contributed by atoms with Crippen LogP contribution < -0.4 is 0 Å². The van der Waals surface area contributed by atoms with Gasteiger partial charge in [0.1, 0.15) is 10.6 Å². The van der Waals surface area contributed by atoms with Crippen molar-refractivity contribution in [3.63, 3.8) is 0 Å². The quantitative estimate of drug-likeness (QED) is 0.276. The van der Waals surface area contributed by atoms with Gasteiger partial charge in [0.05, 0.1) is 6.61 Å². The highest BCUT2D eigenvalue weighted by molar-refractivity contribution is 9.10. The third-order valence-electron chi connectivity index (χ3n) is 3.71. The summed E-state index contributed by atoms with van der Waals surface area (Å²) in [5.41, 5.74) is 1.78. The standard InChI is InChI=1S/C20H20BrFO3/c1-2-3-11-25-20(24)18(21)13-14-5-4-6-16(12-14)19(23)15-7-9-17(22)10-8-15/h4-10,12,18H,2-3,11,13H2,1H3. The van der Waals surface area contributed by atoms with E-state index in [0.29, 0.717) is 24.2 Å². The van der Waals surface area contributed by atoms with Gasteiger partial charge in [0.25, 0.3) is 0 Å². The third kappa shape index (κ3) is 5.78. The van der Waals surface area contributed by atoms with Crippen LogP contribution in [0.1, 0.15) is 41.3 Å². The Hall–Kier alpha value is -2.01. The van der Waals surface area contributed by atoms with E-state index in [0.717, 1.165) is 18.4 Å². The Bertz CT molecular complexity index is 728. The minimum Gasteiger partial charge on any atom is -0.465 e. The number of hydrogen-bond acceptors (Lipinski definition) is 3. The molecular weight excluding hydrogens is 387 g/mol. The molecule has 2 aromatic carbocycles. The minimum atomic E-state index is -0.458. The number of rotatable bonds is 8. The summed E-state index contributed by atoms with van der Waals surface area (Å²) in [6, 6.07) is 12.5. The first-order chi connectivity index (χ1) is 12.0. The van der Waals surface area contributed by atoms with Crippen molar-refractivity contribution < 1.29 is 18.7 Å². The molecule has 0 fully saturated rings. The summed E-state index contributed by atoms with van der Waals surface area (Å²) in [6.07, 6.45) is 2.23. The summed E-state index contributed by atoms with van der Waals surface area (Å²) in [6.45, 7) is 2.45. The highest BCUT2D eigenvalue weighted by Crippen LogP contribution is 2.16. The topological polar surface area (TPSA) is 43.4 Å². The second-order valence-corrected chi connectivity index (χ2v) is 6.83. The Morgan fingerprint density at radius 3 is 2.52 bits per heavy atom. The maximum Gasteiger partial charge on any atom is 0.320 e. The molecule has 0 N–H and O–H groups in total. The Morgan fingerprint density at radius 1 is 1.12 bits per heavy atom. The molecule has 0 saturated carbocycles. The van der Waals surface area contributed by atoms with E-state index >= 15 is 0 Å². The molecule has 132 valence electrons. The van der Waals surface area contributed by atoms with Gasteiger partial charge in [0.2, 0.25) is 0 Å². The zero-order chi connectivity index (χ0) is 18.2. The number of carbonyl (C=O) groups is 2. The van der Waals surface area contributed by atoms with Crippen LogP contribution in [0.5, 0.6) is 0 Å². The molecule has 0 aliphatic rings. The van der Waals surface area contributed by atoms with Gasteiger partial charge in [0, 0.05) is 11.1 Å². The van der Waals surface area contributed by atoms with Crippen molar-refractivity contribution in [2.75, 3.05) is 6.61 Å². The van der Waals surface area contributed by atoms with Gasteiger partial charge >= 0.3 is 5.97 Å². The number of benzene rings is 2. The van der Waals surface area contributed by atoms with Gasteiger partial charge in [-0.3, -0.25) is 9.59 Å². The summed E-state index contributed by atoms with van der Waals surface area (Å²) in [7, 11) is 0. The fourth-order valence-electron chi connectivity index (χ4n) is 2.31. The molecule has 0 aliphatic heterocycles. The number of ether oxygens (including phenoxy) is 1. The van der Waals surface area contributed by atoms with E-state index in [1.807, 2.05) is 13.0 Å². The van der Waals surface area contributed by atoms with Crippen molar-refractivity contribution in [2.24, 2.45) is 0 Å². The van der Waals surface area contributed by atoms with Gasteiger partial charge in [-0.1, -0.05) is 47.5 Å². The second kappa shape index (κ2) is 9.47. The molecule has 0 heterocycles. The molecule has 0 radical (unpaired) electrons. The van der Waals surface area contributed by atoms with E-state index in [-0.39, 0.29) is 17.6 Å². The SMILES string of the molecule is CCCCOC(=O)C(Br)Cc1cccc(C(=O)c2ccc(F)cc2)c1. The second-order valence-electron chi connectivity index (χ2n) is 5.73. The number of unbranched alkanes of at least 4 members (excludes halogenated alkanes) is 1. The van der Waals surface area contributed by atoms with E-state index < -0.39 is 4.83 Å². The molecule has 0 aliphatic carbocycles. The van der Waals surface area contributed by atoms with Crippen LogP contribution in [0.4, 0.5) is 4.39 Å². The molecule has 3 nitrogen and oxygen atoms in total. The lowest BCUT2D eigenvalue weighted by Gasteiger charge is -2.11. The molecule has 2 aromatic rings. The summed E-state index contributed by atoms with van der Waals surface area (Å²) >= 11 is 3.35. The van der Waals surface area contributed by atoms with Crippen LogP contribution in [-0.2, 0) is 16.0 Å². The normalized spacial score (nSPS) is 11.8. The monoisotopic (exact) mass is 406 g/mol. The Labute approximate surface area is 155 Å². The number of hydrogen-bond donors (Lipinski definition) is 0. The molecule has 0 aromatic heterocycles. The first kappa shape index (κ1) is 19.3. The van der Waals surface area contributed by atoms with Crippen LogP contribution in [0.15, 0.2) is 48.5 Å². The number of carbonyl (C=O) groups excluding carboxylic acids is 2. The molecular formula is C20H20BrFO3. The van der Waals surface area contributed by atoms with E-state index in [1.165, 1.54) is 24.3 Å². The smallest absolute Gasteiger partial charge is 0.320 e. The van der Waals surface area contributed by atoms with Crippen molar-refractivity contribution in [1.29, 1.82) is 0 Å². The van der Waals surface area contributed by atoms with Crippen LogP contribution in [0.2, 0.25) is 0 Å². The largest absolute Gasteiger partial charge is 0.465 e. The van der Waals surface area contributed by atoms with E-state index in [1.54, 1.807) is 18.2 Å². The summed E-state index contributed by atoms with van der Waals surface area (Å²) in [5.74, 6) is -0.865. The summed E-state index contributed by atoms with van der Waals surface area (Å²) in [4.78, 5) is 23.9. The molecule has 0 spiro atoms. The van der Waals surface area contributed by atoms with Gasteiger partial charge in [-0.25, -0.2) is 4.39 Å². The third-order valence-corrected chi connectivity index (χ3v) is 4.41. The molecule has 5 heteroatoms. The minimum absolute atomic E-state index is 0.182. The molecule has 1 atom stereocenters. The van der Waals surface area contributed by atoms with E-state index in [4.69, 9.17) is 4.74 Å².